The van der Waals surface area contributed by atoms with Gasteiger partial charge in [-0.25, -0.2) is 4.39 Å². The highest BCUT2D eigenvalue weighted by Crippen LogP contribution is 2.25. The van der Waals surface area contributed by atoms with E-state index in [0.717, 1.165) is 17.1 Å². The van der Waals surface area contributed by atoms with Crippen molar-refractivity contribution in [1.82, 2.24) is 5.32 Å². The van der Waals surface area contributed by atoms with Gasteiger partial charge in [0.15, 0.2) is 6.67 Å². The van der Waals surface area contributed by atoms with E-state index in [1.165, 1.54) is 0 Å². The second kappa shape index (κ2) is 14.1. The molecule has 0 saturated carbocycles. The van der Waals surface area contributed by atoms with Crippen molar-refractivity contribution in [3.63, 3.8) is 0 Å². The Kier molecular flexibility index (Phi) is 14.4. The third-order valence-corrected chi connectivity index (χ3v) is 2.54. The fraction of sp³-hybridized carbons (Fsp3) is 0.562. The molecule has 6 heteroatoms. The van der Waals surface area contributed by atoms with Crippen LogP contribution < -0.4 is 14.8 Å². The molecule has 4 nitrogen and oxygen atoms in total. The van der Waals surface area contributed by atoms with Crippen molar-refractivity contribution < 1.29 is 23.0 Å². The number of nitrogens with one attached hydrogen (secondary N) is 1. The molecule has 1 aromatic rings. The van der Waals surface area contributed by atoms with Gasteiger partial charge in [-0.3, -0.25) is 9.18 Å². The van der Waals surface area contributed by atoms with Crippen LogP contribution in [0.15, 0.2) is 18.2 Å². The largest absolute Gasteiger partial charge is 0.497 e. The maximum absolute atomic E-state index is 12.1. The summed E-state index contributed by atoms with van der Waals surface area (Å²) < 4.78 is 32.0. The predicted octanol–water partition coefficient (Wildman–Crippen LogP) is 3.33. The third-order valence-electron chi connectivity index (χ3n) is 2.54. The van der Waals surface area contributed by atoms with Gasteiger partial charge in [0, 0.05) is 6.04 Å². The lowest BCUT2D eigenvalue weighted by Crippen LogP contribution is -2.35. The van der Waals surface area contributed by atoms with E-state index in [9.17, 15) is 13.6 Å². The Morgan fingerprint density at radius 3 is 2.27 bits per heavy atom. The Morgan fingerprint density at radius 2 is 1.82 bits per heavy atom. The Bertz CT molecular complexity index is 414. The Balaban J connectivity index is 0. The molecule has 0 fully saturated rings. The molecule has 1 amide bonds. The average Bonchev–Trinajstić information content (AvgIpc) is 2.58. The summed E-state index contributed by atoms with van der Waals surface area (Å²) >= 11 is 0. The molecule has 1 aromatic carbocycles. The van der Waals surface area contributed by atoms with Crippen molar-refractivity contribution in [3.05, 3.63) is 23.8 Å². The van der Waals surface area contributed by atoms with Crippen LogP contribution >= 0.6 is 0 Å². The minimum Gasteiger partial charge on any atom is -0.497 e. The molecule has 1 unspecified atom stereocenters. The SMILES string of the molecule is CC.CF.COc1ccc(OC)c(CC(C)NC(=O)CF)c1. The molecule has 0 aliphatic rings. The van der Waals surface area contributed by atoms with Gasteiger partial charge in [-0.1, -0.05) is 13.8 Å². The topological polar surface area (TPSA) is 47.6 Å². The zero-order valence-corrected chi connectivity index (χ0v) is 14.2. The van der Waals surface area contributed by atoms with E-state index in [2.05, 4.69) is 5.32 Å². The van der Waals surface area contributed by atoms with Crippen molar-refractivity contribution in [2.24, 2.45) is 0 Å². The first-order chi connectivity index (χ1) is 10.6. The Hall–Kier alpha value is -1.85. The first kappa shape index (κ1) is 22.4. The molecule has 0 aromatic heterocycles. The maximum atomic E-state index is 12.1. The number of hydrogen-bond donors (Lipinski definition) is 1. The van der Waals surface area contributed by atoms with Gasteiger partial charge in [0.2, 0.25) is 0 Å². The molecule has 0 spiro atoms. The van der Waals surface area contributed by atoms with E-state index in [1.807, 2.05) is 26.8 Å². The van der Waals surface area contributed by atoms with Crippen molar-refractivity contribution in [1.29, 1.82) is 0 Å². The number of carbonyl (C=O) groups excluding carboxylic acids is 1. The number of methoxy groups -OCH3 is 2. The van der Waals surface area contributed by atoms with Crippen molar-refractivity contribution in [3.8, 4) is 11.5 Å². The lowest BCUT2D eigenvalue weighted by Gasteiger charge is -2.16. The molecule has 0 aliphatic heterocycles. The molecular formula is C16H27F2NO3. The van der Waals surface area contributed by atoms with Gasteiger partial charge in [0.1, 0.15) is 11.5 Å². The summed E-state index contributed by atoms with van der Waals surface area (Å²) in [5.41, 5.74) is 0.906. The van der Waals surface area contributed by atoms with Gasteiger partial charge < -0.3 is 14.8 Å². The second-order valence-corrected chi connectivity index (χ2v) is 3.98. The van der Waals surface area contributed by atoms with Gasteiger partial charge in [-0.05, 0) is 37.1 Å². The standard InChI is InChI=1S/C13H18FNO3.C2H6.CH3F/c1-9(15-13(16)8-14)6-10-7-11(17-2)4-5-12(10)18-3;2*1-2/h4-5,7,9H,6,8H2,1-3H3,(H,15,16);1-2H3;1H3. The summed E-state index contributed by atoms with van der Waals surface area (Å²) in [6.45, 7) is 4.81. The first-order valence-electron chi connectivity index (χ1n) is 7.04. The number of rotatable bonds is 6. The van der Waals surface area contributed by atoms with Crippen molar-refractivity contribution in [2.75, 3.05) is 28.1 Å². The van der Waals surface area contributed by atoms with E-state index in [1.54, 1.807) is 26.4 Å². The third kappa shape index (κ3) is 8.44. The highest BCUT2D eigenvalue weighted by atomic mass is 19.1. The van der Waals surface area contributed by atoms with E-state index >= 15 is 0 Å². The molecule has 0 saturated heterocycles. The van der Waals surface area contributed by atoms with Crippen LogP contribution in [0.1, 0.15) is 26.3 Å². The summed E-state index contributed by atoms with van der Waals surface area (Å²) in [5.74, 6) is 0.830. The minimum atomic E-state index is -1.00. The number of ether oxygens (including phenoxy) is 2. The van der Waals surface area contributed by atoms with Gasteiger partial charge in [0.05, 0.1) is 21.4 Å². The molecule has 128 valence electrons. The van der Waals surface area contributed by atoms with Crippen LogP contribution in [-0.2, 0) is 11.2 Å². The predicted molar refractivity (Wildman–Crippen MR) is 85.2 cm³/mol. The molecule has 1 atom stereocenters. The molecule has 1 rings (SSSR count). The average molecular weight is 319 g/mol. The molecule has 0 radical (unpaired) electrons. The second-order valence-electron chi connectivity index (χ2n) is 3.98. The number of halogens is 2. The minimum absolute atomic E-state index is 0.172. The zero-order chi connectivity index (χ0) is 17.5. The van der Waals surface area contributed by atoms with E-state index in [0.29, 0.717) is 13.6 Å². The summed E-state index contributed by atoms with van der Waals surface area (Å²) in [5, 5.41) is 2.56. The van der Waals surface area contributed by atoms with Crippen LogP contribution in [0, 0.1) is 0 Å². The lowest BCUT2D eigenvalue weighted by atomic mass is 10.1. The van der Waals surface area contributed by atoms with Crippen LogP contribution in [0.3, 0.4) is 0 Å². The maximum Gasteiger partial charge on any atom is 0.251 e. The smallest absolute Gasteiger partial charge is 0.251 e. The molecule has 22 heavy (non-hydrogen) atoms. The number of carbonyl (C=O) groups is 1. The van der Waals surface area contributed by atoms with Crippen LogP contribution in [0.4, 0.5) is 8.78 Å². The number of benzene rings is 1. The van der Waals surface area contributed by atoms with Crippen LogP contribution in [0.5, 0.6) is 11.5 Å². The highest BCUT2D eigenvalue weighted by molar-refractivity contribution is 5.77. The molecule has 0 aliphatic carbocycles. The van der Waals surface area contributed by atoms with Crippen LogP contribution in [-0.4, -0.2) is 40.0 Å². The van der Waals surface area contributed by atoms with E-state index in [4.69, 9.17) is 9.47 Å². The van der Waals surface area contributed by atoms with Crippen LogP contribution in [0.2, 0.25) is 0 Å². The van der Waals surface area contributed by atoms with Gasteiger partial charge in [-0.15, -0.1) is 0 Å². The van der Waals surface area contributed by atoms with Gasteiger partial charge in [0.25, 0.3) is 5.91 Å². The molecular weight excluding hydrogens is 292 g/mol. The summed E-state index contributed by atoms with van der Waals surface area (Å²) in [7, 11) is 3.66. The van der Waals surface area contributed by atoms with Crippen molar-refractivity contribution in [2.45, 2.75) is 33.2 Å². The number of amides is 1. The summed E-state index contributed by atoms with van der Waals surface area (Å²) in [6.07, 6.45) is 0.548. The zero-order valence-electron chi connectivity index (χ0n) is 14.2. The van der Waals surface area contributed by atoms with Crippen molar-refractivity contribution >= 4 is 5.91 Å². The quantitative estimate of drug-likeness (QED) is 0.875. The lowest BCUT2D eigenvalue weighted by molar-refractivity contribution is -0.122. The van der Waals surface area contributed by atoms with Gasteiger partial charge in [-0.2, -0.15) is 0 Å². The number of hydrogen-bond acceptors (Lipinski definition) is 3. The van der Waals surface area contributed by atoms with Crippen LogP contribution in [0.25, 0.3) is 0 Å². The fourth-order valence-corrected chi connectivity index (χ4v) is 1.74. The monoisotopic (exact) mass is 319 g/mol. The summed E-state index contributed by atoms with van der Waals surface area (Å²) in [6, 6.07) is 5.27. The van der Waals surface area contributed by atoms with Gasteiger partial charge >= 0.3 is 0 Å². The Morgan fingerprint density at radius 1 is 1.23 bits per heavy atom. The first-order valence-corrected chi connectivity index (χ1v) is 7.04. The Labute approximate surface area is 131 Å². The highest BCUT2D eigenvalue weighted by Gasteiger charge is 2.11. The molecule has 1 N–H and O–H groups in total. The van der Waals surface area contributed by atoms with E-state index < -0.39 is 12.6 Å². The molecule has 0 bridgehead atoms. The number of alkyl halides is 2. The van der Waals surface area contributed by atoms with E-state index in [-0.39, 0.29) is 6.04 Å². The normalized spacial score (nSPS) is 10.2. The fourth-order valence-electron chi connectivity index (χ4n) is 1.74. The summed E-state index contributed by atoms with van der Waals surface area (Å²) in [4.78, 5) is 10.9. The molecule has 0 heterocycles.